The molecule has 6 heteroatoms. The molecule has 31 heavy (non-hydrogen) atoms. The number of hydrogen-bond acceptors (Lipinski definition) is 4. The fourth-order valence-electron chi connectivity index (χ4n) is 4.03. The van der Waals surface area contributed by atoms with E-state index in [2.05, 4.69) is 24.0 Å². The van der Waals surface area contributed by atoms with Crippen LogP contribution in [0.3, 0.4) is 0 Å². The van der Waals surface area contributed by atoms with Gasteiger partial charge in [-0.05, 0) is 31.2 Å². The van der Waals surface area contributed by atoms with Gasteiger partial charge in [-0.25, -0.2) is 18.7 Å². The number of aromatic nitrogens is 2. The molecule has 0 amide bonds. The number of aryl methyl sites for hydroxylation is 1. The zero-order valence-electron chi connectivity index (χ0n) is 17.2. The van der Waals surface area contributed by atoms with Gasteiger partial charge in [0.05, 0.1) is 11.2 Å². The Labute approximate surface area is 179 Å². The molecular formula is C25H22F2N4. The lowest BCUT2D eigenvalue weighted by Crippen LogP contribution is -2.47. The molecule has 0 N–H and O–H groups in total. The van der Waals surface area contributed by atoms with E-state index in [-0.39, 0.29) is 0 Å². The first kappa shape index (κ1) is 19.4. The molecule has 0 spiro atoms. The molecule has 4 aromatic rings. The fraction of sp³-hybridized carbons (Fsp3) is 0.200. The molecule has 156 valence electrons. The Morgan fingerprint density at radius 2 is 1.48 bits per heavy atom. The monoisotopic (exact) mass is 416 g/mol. The SMILES string of the molecule is Cc1ccc(-c2nc(N3CCN(c4ccc(F)cc4F)CC3)c3ccccc3n2)cc1. The standard InChI is InChI=1S/C25H22F2N4/c1-17-6-8-18(9-7-17)24-28-22-5-3-2-4-20(22)25(29-24)31-14-12-30(13-15-31)23-11-10-19(26)16-21(23)27/h2-11,16H,12-15H2,1H3. The van der Waals surface area contributed by atoms with E-state index in [0.29, 0.717) is 37.7 Å². The van der Waals surface area contributed by atoms with Crippen molar-refractivity contribution in [2.24, 2.45) is 0 Å². The van der Waals surface area contributed by atoms with Crippen molar-refractivity contribution in [1.29, 1.82) is 0 Å². The Kier molecular flexibility index (Phi) is 4.98. The van der Waals surface area contributed by atoms with Crippen molar-refractivity contribution in [3.05, 3.63) is 83.9 Å². The van der Waals surface area contributed by atoms with Gasteiger partial charge in [-0.2, -0.15) is 0 Å². The van der Waals surface area contributed by atoms with Gasteiger partial charge in [0.25, 0.3) is 0 Å². The van der Waals surface area contributed by atoms with Crippen LogP contribution in [0.15, 0.2) is 66.7 Å². The van der Waals surface area contributed by atoms with E-state index in [1.807, 2.05) is 41.3 Å². The maximum atomic E-state index is 14.2. The van der Waals surface area contributed by atoms with Crippen molar-refractivity contribution < 1.29 is 8.78 Å². The van der Waals surface area contributed by atoms with Gasteiger partial charge in [0.1, 0.15) is 17.5 Å². The highest BCUT2D eigenvalue weighted by Gasteiger charge is 2.23. The second-order valence-corrected chi connectivity index (χ2v) is 7.82. The Morgan fingerprint density at radius 1 is 0.774 bits per heavy atom. The van der Waals surface area contributed by atoms with Crippen molar-refractivity contribution in [1.82, 2.24) is 9.97 Å². The summed E-state index contributed by atoms with van der Waals surface area (Å²) in [5.41, 5.74) is 3.50. The van der Waals surface area contributed by atoms with Crippen LogP contribution >= 0.6 is 0 Å². The average Bonchev–Trinajstić information content (AvgIpc) is 2.79. The number of fused-ring (bicyclic) bond motifs is 1. The highest BCUT2D eigenvalue weighted by molar-refractivity contribution is 5.91. The normalized spacial score (nSPS) is 14.3. The highest BCUT2D eigenvalue weighted by atomic mass is 19.1. The van der Waals surface area contributed by atoms with Gasteiger partial charge < -0.3 is 9.80 Å². The summed E-state index contributed by atoms with van der Waals surface area (Å²) in [5.74, 6) is 0.500. The van der Waals surface area contributed by atoms with E-state index < -0.39 is 11.6 Å². The van der Waals surface area contributed by atoms with Crippen LogP contribution in [-0.4, -0.2) is 36.1 Å². The highest BCUT2D eigenvalue weighted by Crippen LogP contribution is 2.29. The Hall–Kier alpha value is -3.54. The van der Waals surface area contributed by atoms with Gasteiger partial charge in [-0.3, -0.25) is 0 Å². The number of benzene rings is 3. The van der Waals surface area contributed by atoms with Crippen molar-refractivity contribution in [3.8, 4) is 11.4 Å². The predicted octanol–water partition coefficient (Wildman–Crippen LogP) is 5.21. The average molecular weight is 416 g/mol. The van der Waals surface area contributed by atoms with Crippen LogP contribution in [0.25, 0.3) is 22.3 Å². The van der Waals surface area contributed by atoms with E-state index in [1.54, 1.807) is 0 Å². The summed E-state index contributed by atoms with van der Waals surface area (Å²) in [6.07, 6.45) is 0. The van der Waals surface area contributed by atoms with Gasteiger partial charge in [-0.15, -0.1) is 0 Å². The van der Waals surface area contributed by atoms with Crippen LogP contribution in [0, 0.1) is 18.6 Å². The molecule has 1 aliphatic heterocycles. The van der Waals surface area contributed by atoms with Crippen molar-refractivity contribution >= 4 is 22.4 Å². The lowest BCUT2D eigenvalue weighted by atomic mass is 10.1. The molecule has 1 aromatic heterocycles. The lowest BCUT2D eigenvalue weighted by molar-refractivity contribution is 0.570. The number of rotatable bonds is 3. The smallest absolute Gasteiger partial charge is 0.162 e. The summed E-state index contributed by atoms with van der Waals surface area (Å²) in [5, 5.41) is 1.000. The quantitative estimate of drug-likeness (QED) is 0.459. The van der Waals surface area contributed by atoms with Crippen molar-refractivity contribution in [2.75, 3.05) is 36.0 Å². The minimum Gasteiger partial charge on any atom is -0.366 e. The Morgan fingerprint density at radius 3 is 2.23 bits per heavy atom. The zero-order valence-corrected chi connectivity index (χ0v) is 17.2. The van der Waals surface area contributed by atoms with Gasteiger partial charge in [-0.1, -0.05) is 42.0 Å². The summed E-state index contributed by atoms with van der Waals surface area (Å²) in [7, 11) is 0. The molecule has 1 aliphatic rings. The van der Waals surface area contributed by atoms with E-state index in [1.165, 1.54) is 17.7 Å². The number of anilines is 2. The molecule has 2 heterocycles. The van der Waals surface area contributed by atoms with E-state index in [9.17, 15) is 8.78 Å². The molecule has 0 atom stereocenters. The van der Waals surface area contributed by atoms with Gasteiger partial charge in [0, 0.05) is 43.2 Å². The fourth-order valence-corrected chi connectivity index (χ4v) is 4.03. The van der Waals surface area contributed by atoms with Gasteiger partial charge in [0.2, 0.25) is 0 Å². The first-order valence-corrected chi connectivity index (χ1v) is 10.4. The number of hydrogen-bond donors (Lipinski definition) is 0. The summed E-state index contributed by atoms with van der Waals surface area (Å²) in [6, 6.07) is 20.0. The van der Waals surface area contributed by atoms with Crippen molar-refractivity contribution in [2.45, 2.75) is 6.92 Å². The first-order valence-electron chi connectivity index (χ1n) is 10.4. The maximum absolute atomic E-state index is 14.2. The molecule has 1 saturated heterocycles. The minimum atomic E-state index is -0.559. The van der Waals surface area contributed by atoms with Gasteiger partial charge >= 0.3 is 0 Å². The molecular weight excluding hydrogens is 394 g/mol. The molecule has 0 radical (unpaired) electrons. The topological polar surface area (TPSA) is 32.3 Å². The number of piperazine rings is 1. The van der Waals surface area contributed by atoms with Crippen LogP contribution in [-0.2, 0) is 0 Å². The van der Waals surface area contributed by atoms with Gasteiger partial charge in [0.15, 0.2) is 5.82 Å². The van der Waals surface area contributed by atoms with E-state index in [0.717, 1.165) is 28.4 Å². The second-order valence-electron chi connectivity index (χ2n) is 7.82. The molecule has 5 rings (SSSR count). The molecule has 0 saturated carbocycles. The van der Waals surface area contributed by atoms with E-state index in [4.69, 9.17) is 9.97 Å². The lowest BCUT2D eigenvalue weighted by Gasteiger charge is -2.37. The Bertz CT molecular complexity index is 1230. The summed E-state index contributed by atoms with van der Waals surface area (Å²) < 4.78 is 27.5. The third-order valence-electron chi connectivity index (χ3n) is 5.72. The molecule has 4 nitrogen and oxygen atoms in total. The summed E-state index contributed by atoms with van der Waals surface area (Å²) in [6.45, 7) is 4.68. The Balaban J connectivity index is 1.46. The first-order chi connectivity index (χ1) is 15.1. The largest absolute Gasteiger partial charge is 0.366 e. The second kappa shape index (κ2) is 7.95. The number of halogens is 2. The molecule has 0 unspecified atom stereocenters. The van der Waals surface area contributed by atoms with Crippen LogP contribution in [0.4, 0.5) is 20.3 Å². The van der Waals surface area contributed by atoms with Crippen molar-refractivity contribution in [3.63, 3.8) is 0 Å². The van der Waals surface area contributed by atoms with Crippen LogP contribution in [0.5, 0.6) is 0 Å². The number of nitrogens with zero attached hydrogens (tertiary/aromatic N) is 4. The number of para-hydroxylation sites is 1. The maximum Gasteiger partial charge on any atom is 0.162 e. The summed E-state index contributed by atoms with van der Waals surface area (Å²) in [4.78, 5) is 13.9. The minimum absolute atomic E-state index is 0.439. The third-order valence-corrected chi connectivity index (χ3v) is 5.72. The van der Waals surface area contributed by atoms with Crippen LogP contribution < -0.4 is 9.80 Å². The molecule has 3 aromatic carbocycles. The zero-order chi connectivity index (χ0) is 21.4. The molecule has 0 aliphatic carbocycles. The molecule has 0 bridgehead atoms. The predicted molar refractivity (Wildman–Crippen MR) is 120 cm³/mol. The van der Waals surface area contributed by atoms with E-state index >= 15 is 0 Å². The van der Waals surface area contributed by atoms with Crippen LogP contribution in [0.1, 0.15) is 5.56 Å². The van der Waals surface area contributed by atoms with Crippen LogP contribution in [0.2, 0.25) is 0 Å². The summed E-state index contributed by atoms with van der Waals surface area (Å²) >= 11 is 0. The molecule has 1 fully saturated rings. The third kappa shape index (κ3) is 3.81.